The van der Waals surface area contributed by atoms with Crippen LogP contribution in [0.3, 0.4) is 0 Å². The van der Waals surface area contributed by atoms with Crippen LogP contribution < -0.4 is 4.72 Å². The highest BCUT2D eigenvalue weighted by atomic mass is 79.9. The van der Waals surface area contributed by atoms with Crippen molar-refractivity contribution in [2.24, 2.45) is 0 Å². The first-order chi connectivity index (χ1) is 6.95. The quantitative estimate of drug-likeness (QED) is 0.914. The Labute approximate surface area is 96.3 Å². The Morgan fingerprint density at radius 3 is 2.73 bits per heavy atom. The molecule has 1 N–H and O–H groups in total. The number of pyridine rings is 1. The van der Waals surface area contributed by atoms with Crippen LogP contribution in [0.25, 0.3) is 0 Å². The van der Waals surface area contributed by atoms with Crippen molar-refractivity contribution in [1.82, 2.24) is 4.98 Å². The summed E-state index contributed by atoms with van der Waals surface area (Å²) in [6.45, 7) is 1.31. The SMILES string of the molecule is CC(C#N)S(=O)(=O)Nc1ccc(Br)cn1. The highest BCUT2D eigenvalue weighted by Crippen LogP contribution is 2.12. The first-order valence-electron chi connectivity index (χ1n) is 3.98. The molecule has 7 heteroatoms. The van der Waals surface area contributed by atoms with E-state index in [2.05, 4.69) is 25.6 Å². The second kappa shape index (κ2) is 4.59. The van der Waals surface area contributed by atoms with Gasteiger partial charge in [-0.15, -0.1) is 0 Å². The van der Waals surface area contributed by atoms with Gasteiger partial charge in [0.15, 0.2) is 5.25 Å². The molecule has 0 amide bonds. The lowest BCUT2D eigenvalue weighted by molar-refractivity contribution is 0.597. The number of aromatic nitrogens is 1. The van der Waals surface area contributed by atoms with Crippen molar-refractivity contribution in [3.05, 3.63) is 22.8 Å². The number of nitriles is 1. The van der Waals surface area contributed by atoms with Crippen LogP contribution >= 0.6 is 15.9 Å². The minimum atomic E-state index is -3.67. The molecule has 0 aliphatic carbocycles. The molecule has 0 bridgehead atoms. The van der Waals surface area contributed by atoms with Crippen molar-refractivity contribution in [2.75, 3.05) is 4.72 Å². The normalized spacial score (nSPS) is 12.9. The summed E-state index contributed by atoms with van der Waals surface area (Å²) in [4.78, 5) is 3.83. The standard InChI is InChI=1S/C8H8BrN3O2S/c1-6(4-10)15(13,14)12-8-3-2-7(9)5-11-8/h2-3,5-6H,1H3,(H,11,12). The molecule has 15 heavy (non-hydrogen) atoms. The molecule has 1 heterocycles. The first-order valence-corrected chi connectivity index (χ1v) is 6.32. The summed E-state index contributed by atoms with van der Waals surface area (Å²) in [5.41, 5.74) is 0. The Balaban J connectivity index is 2.88. The molecule has 1 aromatic heterocycles. The Bertz CT molecular complexity index is 478. The maximum absolute atomic E-state index is 11.4. The fourth-order valence-corrected chi connectivity index (χ4v) is 1.70. The Morgan fingerprint density at radius 1 is 1.60 bits per heavy atom. The van der Waals surface area contributed by atoms with E-state index in [9.17, 15) is 8.42 Å². The van der Waals surface area contributed by atoms with Crippen LogP contribution in [0.4, 0.5) is 5.82 Å². The molecule has 1 atom stereocenters. The van der Waals surface area contributed by atoms with E-state index >= 15 is 0 Å². The fourth-order valence-electron chi connectivity index (χ4n) is 0.740. The largest absolute Gasteiger partial charge is 0.266 e. The van der Waals surface area contributed by atoms with Crippen molar-refractivity contribution in [2.45, 2.75) is 12.2 Å². The predicted octanol–water partition coefficient (Wildman–Crippen LogP) is 1.50. The molecule has 80 valence electrons. The summed E-state index contributed by atoms with van der Waals surface area (Å²) >= 11 is 3.18. The van der Waals surface area contributed by atoms with Crippen LogP contribution in [0.15, 0.2) is 22.8 Å². The van der Waals surface area contributed by atoms with Gasteiger partial charge >= 0.3 is 0 Å². The van der Waals surface area contributed by atoms with Crippen molar-refractivity contribution < 1.29 is 8.42 Å². The molecular formula is C8H8BrN3O2S. The fraction of sp³-hybridized carbons (Fsp3) is 0.250. The Morgan fingerprint density at radius 2 is 2.27 bits per heavy atom. The van der Waals surface area contributed by atoms with E-state index in [0.717, 1.165) is 4.47 Å². The van der Waals surface area contributed by atoms with Gasteiger partial charge in [-0.3, -0.25) is 4.72 Å². The minimum absolute atomic E-state index is 0.195. The molecule has 5 nitrogen and oxygen atoms in total. The van der Waals surface area contributed by atoms with E-state index in [1.165, 1.54) is 19.2 Å². The van der Waals surface area contributed by atoms with Gasteiger partial charge < -0.3 is 0 Å². The molecule has 0 saturated carbocycles. The van der Waals surface area contributed by atoms with E-state index in [0.29, 0.717) is 0 Å². The number of halogens is 1. The van der Waals surface area contributed by atoms with Crippen LogP contribution in [-0.2, 0) is 10.0 Å². The van der Waals surface area contributed by atoms with Crippen LogP contribution in [0, 0.1) is 11.3 Å². The van der Waals surface area contributed by atoms with Gasteiger partial charge in [0, 0.05) is 10.7 Å². The van der Waals surface area contributed by atoms with Gasteiger partial charge in [0.2, 0.25) is 10.0 Å². The van der Waals surface area contributed by atoms with Gasteiger partial charge in [-0.25, -0.2) is 13.4 Å². The van der Waals surface area contributed by atoms with Gasteiger partial charge in [0.1, 0.15) is 5.82 Å². The van der Waals surface area contributed by atoms with Crippen LogP contribution in [-0.4, -0.2) is 18.7 Å². The van der Waals surface area contributed by atoms with Crippen LogP contribution in [0.2, 0.25) is 0 Å². The molecule has 1 aromatic rings. The number of nitrogens with one attached hydrogen (secondary N) is 1. The average molecular weight is 290 g/mol. The summed E-state index contributed by atoms with van der Waals surface area (Å²) in [5.74, 6) is 0.195. The van der Waals surface area contributed by atoms with Crippen LogP contribution in [0.1, 0.15) is 6.92 Å². The number of hydrogen-bond acceptors (Lipinski definition) is 4. The zero-order valence-corrected chi connectivity index (χ0v) is 10.2. The molecule has 0 radical (unpaired) electrons. The number of hydrogen-bond donors (Lipinski definition) is 1. The second-order valence-corrected chi connectivity index (χ2v) is 5.70. The van der Waals surface area contributed by atoms with Gasteiger partial charge in [0.25, 0.3) is 0 Å². The van der Waals surface area contributed by atoms with E-state index in [4.69, 9.17) is 5.26 Å². The van der Waals surface area contributed by atoms with Gasteiger partial charge in [0.05, 0.1) is 6.07 Å². The third kappa shape index (κ3) is 3.18. The van der Waals surface area contributed by atoms with Gasteiger partial charge in [-0.1, -0.05) is 0 Å². The maximum atomic E-state index is 11.4. The number of anilines is 1. The van der Waals surface area contributed by atoms with E-state index in [1.54, 1.807) is 12.1 Å². The summed E-state index contributed by atoms with van der Waals surface area (Å²) in [7, 11) is -3.67. The molecule has 0 aromatic carbocycles. The summed E-state index contributed by atoms with van der Waals surface area (Å²) in [6.07, 6.45) is 1.47. The Kier molecular flexibility index (Phi) is 3.66. The smallest absolute Gasteiger partial charge is 0.250 e. The highest BCUT2D eigenvalue weighted by Gasteiger charge is 2.20. The van der Waals surface area contributed by atoms with E-state index < -0.39 is 15.3 Å². The molecule has 1 rings (SSSR count). The zero-order valence-electron chi connectivity index (χ0n) is 7.81. The molecule has 0 fully saturated rings. The molecule has 0 spiro atoms. The van der Waals surface area contributed by atoms with Crippen molar-refractivity contribution in [3.8, 4) is 6.07 Å². The monoisotopic (exact) mass is 289 g/mol. The van der Waals surface area contributed by atoms with Gasteiger partial charge in [-0.2, -0.15) is 5.26 Å². The van der Waals surface area contributed by atoms with E-state index in [-0.39, 0.29) is 5.82 Å². The average Bonchev–Trinajstić information content (AvgIpc) is 2.20. The third-order valence-electron chi connectivity index (χ3n) is 1.62. The topological polar surface area (TPSA) is 82.8 Å². The lowest BCUT2D eigenvalue weighted by atomic mass is 10.5. The summed E-state index contributed by atoms with van der Waals surface area (Å²) in [6, 6.07) is 4.81. The first kappa shape index (κ1) is 11.9. The van der Waals surface area contributed by atoms with Crippen LogP contribution in [0.5, 0.6) is 0 Å². The molecule has 0 aliphatic rings. The molecule has 0 saturated heterocycles. The number of rotatable bonds is 3. The zero-order chi connectivity index (χ0) is 11.5. The van der Waals surface area contributed by atoms with Crippen molar-refractivity contribution in [3.63, 3.8) is 0 Å². The summed E-state index contributed by atoms with van der Waals surface area (Å²) in [5, 5.41) is 7.39. The van der Waals surface area contributed by atoms with Gasteiger partial charge in [-0.05, 0) is 35.0 Å². The number of nitrogens with zero attached hydrogens (tertiary/aromatic N) is 2. The highest BCUT2D eigenvalue weighted by molar-refractivity contribution is 9.10. The summed E-state index contributed by atoms with van der Waals surface area (Å²) < 4.78 is 25.8. The second-order valence-electron chi connectivity index (χ2n) is 2.78. The lowest BCUT2D eigenvalue weighted by Gasteiger charge is -2.07. The molecular weight excluding hydrogens is 282 g/mol. The number of sulfonamides is 1. The molecule has 1 unspecified atom stereocenters. The van der Waals surface area contributed by atoms with Crippen molar-refractivity contribution >= 4 is 31.8 Å². The third-order valence-corrected chi connectivity index (χ3v) is 3.62. The predicted molar refractivity (Wildman–Crippen MR) is 59.6 cm³/mol. The minimum Gasteiger partial charge on any atom is -0.266 e. The molecule has 0 aliphatic heterocycles. The lowest BCUT2D eigenvalue weighted by Crippen LogP contribution is -2.24. The van der Waals surface area contributed by atoms with Crippen molar-refractivity contribution in [1.29, 1.82) is 5.26 Å². The van der Waals surface area contributed by atoms with E-state index in [1.807, 2.05) is 0 Å². The maximum Gasteiger partial charge on any atom is 0.250 e. The Hall–Kier alpha value is -1.13.